The fourth-order valence-electron chi connectivity index (χ4n) is 2.02. The average Bonchev–Trinajstić information content (AvgIpc) is 3.08. The number of furan rings is 1. The van der Waals surface area contributed by atoms with Crippen molar-refractivity contribution in [2.75, 3.05) is 5.01 Å². The van der Waals surface area contributed by atoms with Crippen molar-refractivity contribution in [2.24, 2.45) is 5.10 Å². The average molecular weight is 237 g/mol. The number of hydrazone groups is 1. The predicted molar refractivity (Wildman–Crippen MR) is 68.2 cm³/mol. The van der Waals surface area contributed by atoms with Gasteiger partial charge in [0.1, 0.15) is 17.5 Å². The molecule has 0 amide bonds. The predicted octanol–water partition coefficient (Wildman–Crippen LogP) is 2.79. The van der Waals surface area contributed by atoms with E-state index in [1.807, 2.05) is 42.5 Å². The minimum atomic E-state index is -0.271. The lowest BCUT2D eigenvalue weighted by Crippen LogP contribution is -2.24. The summed E-state index contributed by atoms with van der Waals surface area (Å²) in [5.74, 6) is 0.730. The van der Waals surface area contributed by atoms with Crippen molar-refractivity contribution >= 4 is 11.4 Å². The lowest BCUT2D eigenvalue weighted by Gasteiger charge is -2.17. The van der Waals surface area contributed by atoms with Crippen LogP contribution in [-0.4, -0.2) is 11.8 Å². The Morgan fingerprint density at radius 2 is 2.06 bits per heavy atom. The molecule has 1 unspecified atom stereocenters. The highest BCUT2D eigenvalue weighted by atomic mass is 16.3. The Morgan fingerprint density at radius 3 is 2.72 bits per heavy atom. The van der Waals surface area contributed by atoms with Crippen molar-refractivity contribution in [1.29, 1.82) is 5.26 Å². The number of anilines is 1. The van der Waals surface area contributed by atoms with Crippen LogP contribution in [0.25, 0.3) is 0 Å². The van der Waals surface area contributed by atoms with E-state index in [1.54, 1.807) is 11.3 Å². The van der Waals surface area contributed by atoms with Gasteiger partial charge in [-0.25, -0.2) is 5.01 Å². The monoisotopic (exact) mass is 237 g/mol. The summed E-state index contributed by atoms with van der Waals surface area (Å²) in [7, 11) is 0. The van der Waals surface area contributed by atoms with E-state index in [0.717, 1.165) is 17.2 Å². The summed E-state index contributed by atoms with van der Waals surface area (Å²) in [4.78, 5) is 0. The molecule has 1 aromatic carbocycles. The number of para-hydroxylation sites is 1. The lowest BCUT2D eigenvalue weighted by molar-refractivity contribution is 0.556. The van der Waals surface area contributed by atoms with Crippen LogP contribution >= 0.6 is 0 Å². The number of nitriles is 1. The summed E-state index contributed by atoms with van der Waals surface area (Å²) in [6, 6.07) is 15.4. The quantitative estimate of drug-likeness (QED) is 0.807. The molecule has 1 aromatic heterocycles. The van der Waals surface area contributed by atoms with Crippen LogP contribution in [0.5, 0.6) is 0 Å². The first-order valence-corrected chi connectivity index (χ1v) is 5.74. The number of benzene rings is 1. The first kappa shape index (κ1) is 10.6. The molecule has 0 aliphatic carbocycles. The van der Waals surface area contributed by atoms with E-state index >= 15 is 0 Å². The van der Waals surface area contributed by atoms with Crippen molar-refractivity contribution in [3.05, 3.63) is 54.5 Å². The van der Waals surface area contributed by atoms with Gasteiger partial charge in [-0.15, -0.1) is 0 Å². The summed E-state index contributed by atoms with van der Waals surface area (Å²) >= 11 is 0. The van der Waals surface area contributed by atoms with E-state index in [1.165, 1.54) is 0 Å². The molecule has 0 fully saturated rings. The van der Waals surface area contributed by atoms with E-state index in [9.17, 15) is 5.26 Å². The van der Waals surface area contributed by atoms with Gasteiger partial charge in [0.05, 0.1) is 18.0 Å². The minimum Gasteiger partial charge on any atom is -0.463 e. The van der Waals surface area contributed by atoms with Crippen LogP contribution < -0.4 is 5.01 Å². The minimum absolute atomic E-state index is 0.271. The third kappa shape index (κ3) is 1.76. The SMILES string of the molecule is N#CC1CC(c2ccco2)=NN1c1ccccc1. The molecule has 2 aromatic rings. The summed E-state index contributed by atoms with van der Waals surface area (Å²) in [6.45, 7) is 0. The van der Waals surface area contributed by atoms with Gasteiger partial charge in [-0.2, -0.15) is 10.4 Å². The first-order chi connectivity index (χ1) is 8.88. The van der Waals surface area contributed by atoms with Gasteiger partial charge in [0.2, 0.25) is 0 Å². The van der Waals surface area contributed by atoms with Crippen molar-refractivity contribution in [2.45, 2.75) is 12.5 Å². The van der Waals surface area contributed by atoms with E-state index in [2.05, 4.69) is 11.2 Å². The molecule has 0 saturated carbocycles. The van der Waals surface area contributed by atoms with Crippen LogP contribution in [0.15, 0.2) is 58.2 Å². The Labute approximate surface area is 105 Å². The molecule has 88 valence electrons. The van der Waals surface area contributed by atoms with Crippen LogP contribution in [-0.2, 0) is 0 Å². The number of nitrogens with zero attached hydrogens (tertiary/aromatic N) is 3. The van der Waals surface area contributed by atoms with Crippen molar-refractivity contribution in [3.63, 3.8) is 0 Å². The molecule has 0 N–H and O–H groups in total. The molecule has 0 radical (unpaired) electrons. The maximum Gasteiger partial charge on any atom is 0.149 e. The zero-order chi connectivity index (χ0) is 12.4. The van der Waals surface area contributed by atoms with E-state index in [-0.39, 0.29) is 6.04 Å². The fraction of sp³-hybridized carbons (Fsp3) is 0.143. The third-order valence-electron chi connectivity index (χ3n) is 2.89. The molecule has 18 heavy (non-hydrogen) atoms. The molecule has 1 aliphatic rings. The van der Waals surface area contributed by atoms with Gasteiger partial charge >= 0.3 is 0 Å². The topological polar surface area (TPSA) is 52.5 Å². The van der Waals surface area contributed by atoms with Gasteiger partial charge in [-0.3, -0.25) is 0 Å². The van der Waals surface area contributed by atoms with Gasteiger partial charge in [-0.1, -0.05) is 18.2 Å². The van der Waals surface area contributed by atoms with Gasteiger partial charge in [0.15, 0.2) is 0 Å². The van der Waals surface area contributed by atoms with Crippen molar-refractivity contribution in [3.8, 4) is 6.07 Å². The first-order valence-electron chi connectivity index (χ1n) is 5.74. The van der Waals surface area contributed by atoms with E-state index < -0.39 is 0 Å². The molecule has 0 saturated heterocycles. The molecular formula is C14H11N3O. The Bertz CT molecular complexity index is 596. The molecule has 4 nitrogen and oxygen atoms in total. The van der Waals surface area contributed by atoms with Crippen LogP contribution in [0.4, 0.5) is 5.69 Å². The Hall–Kier alpha value is -2.54. The van der Waals surface area contributed by atoms with E-state index in [4.69, 9.17) is 4.42 Å². The van der Waals surface area contributed by atoms with Crippen molar-refractivity contribution in [1.82, 2.24) is 0 Å². The van der Waals surface area contributed by atoms with Crippen LogP contribution in [0.3, 0.4) is 0 Å². The summed E-state index contributed by atoms with van der Waals surface area (Å²) in [6.07, 6.45) is 2.20. The highest BCUT2D eigenvalue weighted by Gasteiger charge is 2.29. The second-order valence-corrected chi connectivity index (χ2v) is 4.05. The fourth-order valence-corrected chi connectivity index (χ4v) is 2.02. The lowest BCUT2D eigenvalue weighted by atomic mass is 10.1. The molecular weight excluding hydrogens is 226 g/mol. The summed E-state index contributed by atoms with van der Waals surface area (Å²) in [5, 5.41) is 15.5. The second-order valence-electron chi connectivity index (χ2n) is 4.05. The van der Waals surface area contributed by atoms with Gasteiger partial charge < -0.3 is 4.42 Å². The van der Waals surface area contributed by atoms with Crippen LogP contribution in [0, 0.1) is 11.3 Å². The maximum atomic E-state index is 9.22. The normalized spacial score (nSPS) is 18.5. The number of hydrogen-bond donors (Lipinski definition) is 0. The maximum absolute atomic E-state index is 9.22. The van der Waals surface area contributed by atoms with Crippen molar-refractivity contribution < 1.29 is 4.42 Å². The zero-order valence-corrected chi connectivity index (χ0v) is 9.65. The molecule has 3 rings (SSSR count). The molecule has 4 heteroatoms. The molecule has 0 bridgehead atoms. The van der Waals surface area contributed by atoms with Gasteiger partial charge in [0, 0.05) is 6.42 Å². The summed E-state index contributed by atoms with van der Waals surface area (Å²) < 4.78 is 5.33. The molecule has 2 heterocycles. The second kappa shape index (κ2) is 4.38. The molecule has 1 aliphatic heterocycles. The van der Waals surface area contributed by atoms with Crippen LogP contribution in [0.2, 0.25) is 0 Å². The molecule has 0 spiro atoms. The zero-order valence-electron chi connectivity index (χ0n) is 9.65. The highest BCUT2D eigenvalue weighted by molar-refractivity contribution is 6.01. The standard InChI is InChI=1S/C14H11N3O/c15-10-12-9-13(14-7-4-8-18-14)16-17(12)11-5-2-1-3-6-11/h1-8,12H,9H2. The van der Waals surface area contributed by atoms with Crippen LogP contribution in [0.1, 0.15) is 12.2 Å². The Morgan fingerprint density at radius 1 is 1.22 bits per heavy atom. The van der Waals surface area contributed by atoms with Gasteiger partial charge in [0.25, 0.3) is 0 Å². The largest absolute Gasteiger partial charge is 0.463 e. The van der Waals surface area contributed by atoms with Gasteiger partial charge in [-0.05, 0) is 24.3 Å². The molecule has 1 atom stereocenters. The summed E-state index contributed by atoms with van der Waals surface area (Å²) in [5.41, 5.74) is 1.74. The third-order valence-corrected chi connectivity index (χ3v) is 2.89. The highest BCUT2D eigenvalue weighted by Crippen LogP contribution is 2.26. The number of rotatable bonds is 2. The smallest absolute Gasteiger partial charge is 0.149 e. The van der Waals surface area contributed by atoms with E-state index in [0.29, 0.717) is 6.42 Å². The Kier molecular flexibility index (Phi) is 2.58. The Balaban J connectivity index is 1.96. The number of hydrogen-bond acceptors (Lipinski definition) is 4.